The minimum Gasteiger partial charge on any atom is -0.320 e. The first kappa shape index (κ1) is 22.0. The van der Waals surface area contributed by atoms with Crippen LogP contribution in [0.1, 0.15) is 68.7 Å². The lowest BCUT2D eigenvalue weighted by Crippen LogP contribution is -2.53. The monoisotopic (exact) mass is 407 g/mol. The molecular weight excluding hydrogens is 374 g/mol. The van der Waals surface area contributed by atoms with Gasteiger partial charge >= 0.3 is 0 Å². The van der Waals surface area contributed by atoms with Crippen molar-refractivity contribution in [3.8, 4) is 0 Å². The second kappa shape index (κ2) is 9.00. The number of carbonyl (C=O) groups excluding carboxylic acids is 2. The van der Waals surface area contributed by atoms with E-state index in [1.807, 2.05) is 70.2 Å². The Kier molecular flexibility index (Phi) is 6.61. The van der Waals surface area contributed by atoms with Gasteiger partial charge in [-0.15, -0.1) is 0 Å². The molecule has 30 heavy (non-hydrogen) atoms. The van der Waals surface area contributed by atoms with Gasteiger partial charge in [0.1, 0.15) is 0 Å². The second-order valence-electron chi connectivity index (χ2n) is 9.59. The molecule has 0 aliphatic carbocycles. The summed E-state index contributed by atoms with van der Waals surface area (Å²) in [6.45, 7) is 8.05. The Hall–Kier alpha value is -2.66. The lowest BCUT2D eigenvalue weighted by Gasteiger charge is -2.33. The molecule has 3 N–H and O–H groups in total. The molecule has 160 valence electrons. The summed E-state index contributed by atoms with van der Waals surface area (Å²) in [5.74, 6) is -0.277. The number of rotatable bonds is 4. The first-order valence-electron chi connectivity index (χ1n) is 10.6. The number of benzene rings is 2. The fraction of sp³-hybridized carbons (Fsp3) is 0.440. The largest absolute Gasteiger partial charge is 0.320 e. The topological polar surface area (TPSA) is 75.4 Å². The van der Waals surface area contributed by atoms with Crippen molar-refractivity contribution in [2.45, 2.75) is 65.0 Å². The van der Waals surface area contributed by atoms with Crippen molar-refractivity contribution >= 4 is 11.8 Å². The van der Waals surface area contributed by atoms with Crippen molar-refractivity contribution in [1.29, 1.82) is 0 Å². The Balaban J connectivity index is 1.97. The molecule has 0 saturated carbocycles. The fourth-order valence-corrected chi connectivity index (χ4v) is 4.07. The summed E-state index contributed by atoms with van der Waals surface area (Å²) in [4.78, 5) is 26.0. The summed E-state index contributed by atoms with van der Waals surface area (Å²) < 4.78 is 0. The van der Waals surface area contributed by atoms with E-state index < -0.39 is 6.04 Å². The average Bonchev–Trinajstić information content (AvgIpc) is 2.80. The van der Waals surface area contributed by atoms with Crippen LogP contribution >= 0.6 is 0 Å². The highest BCUT2D eigenvalue weighted by molar-refractivity contribution is 5.86. The second-order valence-corrected chi connectivity index (χ2v) is 9.59. The first-order valence-corrected chi connectivity index (χ1v) is 10.6. The number of nitrogens with zero attached hydrogens (tertiary/aromatic N) is 1. The van der Waals surface area contributed by atoms with E-state index in [2.05, 4.69) is 17.6 Å². The van der Waals surface area contributed by atoms with E-state index in [-0.39, 0.29) is 29.2 Å². The van der Waals surface area contributed by atoms with E-state index in [1.54, 1.807) is 0 Å². The summed E-state index contributed by atoms with van der Waals surface area (Å²) in [6.07, 6.45) is 1.58. The molecule has 2 aromatic rings. The Morgan fingerprint density at radius 3 is 2.27 bits per heavy atom. The van der Waals surface area contributed by atoms with Crippen molar-refractivity contribution in [3.63, 3.8) is 0 Å². The van der Waals surface area contributed by atoms with Crippen LogP contribution in [0.15, 0.2) is 54.6 Å². The number of hydrazine groups is 1. The summed E-state index contributed by atoms with van der Waals surface area (Å²) in [7, 11) is 0. The molecule has 1 aliphatic heterocycles. The number of hydrogen-bond acceptors (Lipinski definition) is 3. The molecule has 3 rings (SSSR count). The van der Waals surface area contributed by atoms with Crippen molar-refractivity contribution < 1.29 is 9.59 Å². The van der Waals surface area contributed by atoms with Crippen LogP contribution in [0.3, 0.4) is 0 Å². The normalized spacial score (nSPS) is 22.5. The third-order valence-electron chi connectivity index (χ3n) is 5.58. The maximum atomic E-state index is 13.3. The molecule has 3 atom stereocenters. The minimum absolute atomic E-state index is 0.126. The smallest absolute Gasteiger partial charge is 0.258 e. The number of nitrogens with two attached hydrogens (primary N) is 1. The van der Waals surface area contributed by atoms with Crippen LogP contribution in [0.4, 0.5) is 0 Å². The highest BCUT2D eigenvalue weighted by Crippen LogP contribution is 2.38. The van der Waals surface area contributed by atoms with Crippen molar-refractivity contribution in [2.24, 2.45) is 11.1 Å². The Bertz CT molecular complexity index is 872. The molecule has 2 amide bonds. The van der Waals surface area contributed by atoms with E-state index in [1.165, 1.54) is 10.6 Å². The van der Waals surface area contributed by atoms with Crippen molar-refractivity contribution in [2.75, 3.05) is 0 Å². The van der Waals surface area contributed by atoms with E-state index in [0.29, 0.717) is 19.3 Å². The van der Waals surface area contributed by atoms with Gasteiger partial charge in [0, 0.05) is 6.42 Å². The number of nitrogens with one attached hydrogen (secondary N) is 1. The molecule has 0 aromatic heterocycles. The van der Waals surface area contributed by atoms with Gasteiger partial charge < -0.3 is 5.73 Å². The zero-order valence-corrected chi connectivity index (χ0v) is 18.4. The fourth-order valence-electron chi connectivity index (χ4n) is 4.07. The Labute approximate surface area is 179 Å². The molecule has 0 spiro atoms. The molecule has 5 heteroatoms. The third kappa shape index (κ3) is 5.48. The maximum absolute atomic E-state index is 13.3. The van der Waals surface area contributed by atoms with Crippen molar-refractivity contribution in [1.82, 2.24) is 10.4 Å². The first-order chi connectivity index (χ1) is 14.1. The summed E-state index contributed by atoms with van der Waals surface area (Å²) >= 11 is 0. The van der Waals surface area contributed by atoms with Crippen LogP contribution in [-0.2, 0) is 9.59 Å². The average molecular weight is 408 g/mol. The summed E-state index contributed by atoms with van der Waals surface area (Å²) in [5.41, 5.74) is 12.4. The lowest BCUT2D eigenvalue weighted by molar-refractivity contribution is -0.145. The molecule has 0 radical (unpaired) electrons. The van der Waals surface area contributed by atoms with Gasteiger partial charge in [-0.05, 0) is 42.2 Å². The van der Waals surface area contributed by atoms with E-state index in [9.17, 15) is 9.59 Å². The molecule has 0 bridgehead atoms. The van der Waals surface area contributed by atoms with Gasteiger partial charge in [0.2, 0.25) is 5.91 Å². The SMILES string of the molecule is Cc1ccc(C2C[C@@H](c3ccccc3)C[C@@H](N)C(=O)N2NC(=O)CC(C)(C)C)cc1. The van der Waals surface area contributed by atoms with Crippen LogP contribution in [0.2, 0.25) is 0 Å². The molecule has 1 heterocycles. The maximum Gasteiger partial charge on any atom is 0.258 e. The van der Waals surface area contributed by atoms with Gasteiger partial charge in [-0.2, -0.15) is 0 Å². The molecule has 1 saturated heterocycles. The zero-order chi connectivity index (χ0) is 21.9. The van der Waals surface area contributed by atoms with Gasteiger partial charge in [0.15, 0.2) is 0 Å². The van der Waals surface area contributed by atoms with Gasteiger partial charge in [0.25, 0.3) is 5.91 Å². The number of amides is 2. The molecule has 1 fully saturated rings. The lowest BCUT2D eigenvalue weighted by atomic mass is 9.86. The highest BCUT2D eigenvalue weighted by Gasteiger charge is 2.38. The van der Waals surface area contributed by atoms with E-state index >= 15 is 0 Å². The molecule has 5 nitrogen and oxygen atoms in total. The van der Waals surface area contributed by atoms with Crippen LogP contribution in [0.5, 0.6) is 0 Å². The van der Waals surface area contributed by atoms with Gasteiger partial charge in [-0.25, -0.2) is 5.01 Å². The van der Waals surface area contributed by atoms with Crippen LogP contribution in [0.25, 0.3) is 0 Å². The minimum atomic E-state index is -0.666. The zero-order valence-electron chi connectivity index (χ0n) is 18.4. The van der Waals surface area contributed by atoms with Crippen LogP contribution in [-0.4, -0.2) is 22.9 Å². The summed E-state index contributed by atoms with van der Waals surface area (Å²) in [5, 5.41) is 1.49. The van der Waals surface area contributed by atoms with Crippen LogP contribution in [0, 0.1) is 12.3 Å². The predicted molar refractivity (Wildman–Crippen MR) is 119 cm³/mol. The number of hydrogen-bond donors (Lipinski definition) is 2. The van der Waals surface area contributed by atoms with Crippen LogP contribution < -0.4 is 11.2 Å². The highest BCUT2D eigenvalue weighted by atomic mass is 16.2. The predicted octanol–water partition coefficient (Wildman–Crippen LogP) is 4.24. The molecular formula is C25H33N3O2. The quantitative estimate of drug-likeness (QED) is 0.796. The number of aryl methyl sites for hydroxylation is 1. The third-order valence-corrected chi connectivity index (χ3v) is 5.58. The Morgan fingerprint density at radius 2 is 1.67 bits per heavy atom. The van der Waals surface area contributed by atoms with E-state index in [0.717, 1.165) is 11.1 Å². The Morgan fingerprint density at radius 1 is 1.03 bits per heavy atom. The van der Waals surface area contributed by atoms with Gasteiger partial charge in [-0.3, -0.25) is 15.0 Å². The van der Waals surface area contributed by atoms with Gasteiger partial charge in [0.05, 0.1) is 12.1 Å². The van der Waals surface area contributed by atoms with E-state index in [4.69, 9.17) is 5.73 Å². The standard InChI is InChI=1S/C25H33N3O2/c1-17-10-12-19(13-11-17)22-15-20(18-8-6-5-7-9-18)14-21(26)24(30)28(22)27-23(29)16-25(2,3)4/h5-13,20-22H,14-16,26H2,1-4H3,(H,27,29)/t20-,21+,22?/m0/s1. The molecule has 2 aromatic carbocycles. The van der Waals surface area contributed by atoms with Gasteiger partial charge in [-0.1, -0.05) is 80.9 Å². The molecule has 1 aliphatic rings. The van der Waals surface area contributed by atoms with Crippen molar-refractivity contribution in [3.05, 3.63) is 71.3 Å². The molecule has 1 unspecified atom stereocenters. The summed E-state index contributed by atoms with van der Waals surface area (Å²) in [6, 6.07) is 17.4. The number of carbonyl (C=O) groups is 2.